The lowest BCUT2D eigenvalue weighted by Crippen LogP contribution is -2.33. The van der Waals surface area contributed by atoms with E-state index in [-0.39, 0.29) is 11.7 Å². The summed E-state index contributed by atoms with van der Waals surface area (Å²) < 4.78 is 46.4. The van der Waals surface area contributed by atoms with E-state index in [1.54, 1.807) is 0 Å². The predicted octanol–water partition coefficient (Wildman–Crippen LogP) is 2.15. The molecule has 3 rings (SSSR count). The molecule has 1 amide bonds. The van der Waals surface area contributed by atoms with E-state index in [2.05, 4.69) is 32.6 Å². The zero-order valence-electron chi connectivity index (χ0n) is 16.2. The fourth-order valence-electron chi connectivity index (χ4n) is 3.33. The zero-order chi connectivity index (χ0) is 21.0. The van der Waals surface area contributed by atoms with Gasteiger partial charge in [0.2, 0.25) is 5.88 Å². The number of methoxy groups -OCH3 is 1. The second kappa shape index (κ2) is 8.76. The fourth-order valence-corrected chi connectivity index (χ4v) is 3.33. The van der Waals surface area contributed by atoms with Gasteiger partial charge in [-0.05, 0) is 51.4 Å². The average molecular weight is 412 g/mol. The SMILES string of the molecule is COc1ccc(-n2ncc(C(=O)NCCC3CCN(C)CC3)c2C(F)(F)F)nn1. The molecule has 11 heteroatoms. The summed E-state index contributed by atoms with van der Waals surface area (Å²) in [6.07, 6.45) is -1.11. The number of hydrogen-bond acceptors (Lipinski definition) is 6. The van der Waals surface area contributed by atoms with Crippen molar-refractivity contribution in [2.75, 3.05) is 33.8 Å². The van der Waals surface area contributed by atoms with Gasteiger partial charge in [-0.15, -0.1) is 10.2 Å². The molecular formula is C18H23F3N6O2. The molecule has 0 saturated carbocycles. The predicted molar refractivity (Wildman–Crippen MR) is 97.9 cm³/mol. The molecule has 0 radical (unpaired) electrons. The van der Waals surface area contributed by atoms with Crippen LogP contribution < -0.4 is 10.1 Å². The van der Waals surface area contributed by atoms with E-state index < -0.39 is 23.3 Å². The largest absolute Gasteiger partial charge is 0.480 e. The Morgan fingerprint density at radius 2 is 2.00 bits per heavy atom. The van der Waals surface area contributed by atoms with Crippen molar-refractivity contribution >= 4 is 5.91 Å². The maximum atomic E-state index is 13.7. The smallest absolute Gasteiger partial charge is 0.434 e. The summed E-state index contributed by atoms with van der Waals surface area (Å²) in [5.41, 5.74) is -1.73. The molecule has 158 valence electrons. The summed E-state index contributed by atoms with van der Waals surface area (Å²) in [6, 6.07) is 2.65. The van der Waals surface area contributed by atoms with Crippen LogP contribution in [-0.2, 0) is 6.18 Å². The van der Waals surface area contributed by atoms with Crippen molar-refractivity contribution in [3.8, 4) is 11.7 Å². The van der Waals surface area contributed by atoms with E-state index in [0.29, 0.717) is 17.1 Å². The molecule has 0 aromatic carbocycles. The number of hydrogen-bond donors (Lipinski definition) is 1. The molecule has 1 aliphatic rings. The van der Waals surface area contributed by atoms with Crippen molar-refractivity contribution in [3.63, 3.8) is 0 Å². The van der Waals surface area contributed by atoms with Crippen LogP contribution in [0.4, 0.5) is 13.2 Å². The summed E-state index contributed by atoms with van der Waals surface area (Å²) in [5.74, 6) is -0.353. The van der Waals surface area contributed by atoms with Crippen molar-refractivity contribution in [1.82, 2.24) is 30.2 Å². The normalized spacial score (nSPS) is 16.0. The Hall–Kier alpha value is -2.69. The first-order chi connectivity index (χ1) is 13.8. The van der Waals surface area contributed by atoms with Gasteiger partial charge in [0.05, 0.1) is 18.9 Å². The fraction of sp³-hybridized carbons (Fsp3) is 0.556. The second-order valence-electron chi connectivity index (χ2n) is 7.04. The number of piperidine rings is 1. The maximum Gasteiger partial charge on any atom is 0.434 e. The Bertz CT molecular complexity index is 829. The zero-order valence-corrected chi connectivity index (χ0v) is 16.2. The van der Waals surface area contributed by atoms with E-state index in [9.17, 15) is 18.0 Å². The number of nitrogens with one attached hydrogen (secondary N) is 1. The number of carbonyl (C=O) groups excluding carboxylic acids is 1. The lowest BCUT2D eigenvalue weighted by Gasteiger charge is -2.28. The van der Waals surface area contributed by atoms with Gasteiger partial charge in [-0.25, -0.2) is 4.68 Å². The third kappa shape index (κ3) is 5.03. The Balaban J connectivity index is 1.72. The molecule has 2 aromatic heterocycles. The number of rotatable bonds is 6. The summed E-state index contributed by atoms with van der Waals surface area (Å²) >= 11 is 0. The molecule has 1 N–H and O–H groups in total. The van der Waals surface area contributed by atoms with Crippen LogP contribution in [0, 0.1) is 5.92 Å². The van der Waals surface area contributed by atoms with E-state index in [4.69, 9.17) is 4.74 Å². The molecule has 3 heterocycles. The minimum absolute atomic E-state index is 0.154. The molecule has 2 aromatic rings. The first-order valence-electron chi connectivity index (χ1n) is 9.29. The Labute approximate surface area is 166 Å². The molecule has 29 heavy (non-hydrogen) atoms. The van der Waals surface area contributed by atoms with Crippen molar-refractivity contribution < 1.29 is 22.7 Å². The van der Waals surface area contributed by atoms with Crippen LogP contribution in [0.3, 0.4) is 0 Å². The van der Waals surface area contributed by atoms with Gasteiger partial charge in [0.25, 0.3) is 5.91 Å². The number of likely N-dealkylation sites (tertiary alicyclic amines) is 1. The molecular weight excluding hydrogens is 389 g/mol. The first kappa shape index (κ1) is 21.0. The third-order valence-electron chi connectivity index (χ3n) is 5.01. The Morgan fingerprint density at radius 3 is 2.59 bits per heavy atom. The van der Waals surface area contributed by atoms with Crippen LogP contribution in [0.2, 0.25) is 0 Å². The van der Waals surface area contributed by atoms with Gasteiger partial charge in [0.1, 0.15) is 0 Å². The molecule has 0 bridgehead atoms. The van der Waals surface area contributed by atoms with Gasteiger partial charge in [-0.3, -0.25) is 4.79 Å². The molecule has 0 unspecified atom stereocenters. The number of alkyl halides is 3. The summed E-state index contributed by atoms with van der Waals surface area (Å²) in [4.78, 5) is 14.7. The monoisotopic (exact) mass is 412 g/mol. The van der Waals surface area contributed by atoms with E-state index in [0.717, 1.165) is 38.5 Å². The summed E-state index contributed by atoms with van der Waals surface area (Å²) in [6.45, 7) is 2.30. The molecule has 1 aliphatic heterocycles. The average Bonchev–Trinajstić information content (AvgIpc) is 3.15. The maximum absolute atomic E-state index is 13.7. The quantitative estimate of drug-likeness (QED) is 0.783. The highest BCUT2D eigenvalue weighted by Gasteiger charge is 2.41. The second-order valence-corrected chi connectivity index (χ2v) is 7.04. The molecule has 0 atom stereocenters. The molecule has 8 nitrogen and oxygen atoms in total. The lowest BCUT2D eigenvalue weighted by atomic mass is 9.94. The number of ether oxygens (including phenoxy) is 1. The van der Waals surface area contributed by atoms with E-state index in [1.165, 1.54) is 19.2 Å². The summed E-state index contributed by atoms with van der Waals surface area (Å²) in [5, 5.41) is 13.7. The van der Waals surface area contributed by atoms with Crippen LogP contribution in [0.5, 0.6) is 5.88 Å². The molecule has 0 spiro atoms. The van der Waals surface area contributed by atoms with Crippen molar-refractivity contribution in [2.24, 2.45) is 5.92 Å². The summed E-state index contributed by atoms with van der Waals surface area (Å²) in [7, 11) is 3.42. The lowest BCUT2D eigenvalue weighted by molar-refractivity contribution is -0.143. The van der Waals surface area contributed by atoms with E-state index in [1.807, 2.05) is 0 Å². The molecule has 1 saturated heterocycles. The van der Waals surface area contributed by atoms with Gasteiger partial charge in [-0.1, -0.05) is 0 Å². The number of amides is 1. The third-order valence-corrected chi connectivity index (χ3v) is 5.01. The van der Waals surface area contributed by atoms with Crippen LogP contribution in [0.15, 0.2) is 18.3 Å². The molecule has 1 fully saturated rings. The Kier molecular flexibility index (Phi) is 6.36. The van der Waals surface area contributed by atoms with Gasteiger partial charge in [0.15, 0.2) is 11.5 Å². The van der Waals surface area contributed by atoms with Crippen molar-refractivity contribution in [2.45, 2.75) is 25.4 Å². The van der Waals surface area contributed by atoms with Gasteiger partial charge >= 0.3 is 6.18 Å². The first-order valence-corrected chi connectivity index (χ1v) is 9.29. The Morgan fingerprint density at radius 1 is 1.28 bits per heavy atom. The van der Waals surface area contributed by atoms with Crippen LogP contribution in [0.1, 0.15) is 35.3 Å². The highest BCUT2D eigenvalue weighted by Crippen LogP contribution is 2.33. The minimum atomic E-state index is -4.79. The van der Waals surface area contributed by atoms with Crippen molar-refractivity contribution in [3.05, 3.63) is 29.6 Å². The topological polar surface area (TPSA) is 85.2 Å². The highest BCUT2D eigenvalue weighted by molar-refractivity contribution is 5.95. The number of nitrogens with zero attached hydrogens (tertiary/aromatic N) is 5. The number of carbonyl (C=O) groups is 1. The standard InChI is InChI=1S/C18H23F3N6O2/c1-26-9-6-12(7-10-26)5-8-22-17(28)13-11-23-27(16(13)18(19,20)21)14-3-4-15(29-2)25-24-14/h3-4,11-12H,5-10H2,1-2H3,(H,22,28). The van der Waals surface area contributed by atoms with Crippen LogP contribution >= 0.6 is 0 Å². The van der Waals surface area contributed by atoms with Crippen LogP contribution in [0.25, 0.3) is 5.82 Å². The highest BCUT2D eigenvalue weighted by atomic mass is 19.4. The van der Waals surface area contributed by atoms with Crippen molar-refractivity contribution in [1.29, 1.82) is 0 Å². The number of halogens is 3. The number of aromatic nitrogens is 4. The minimum Gasteiger partial charge on any atom is -0.480 e. The van der Waals surface area contributed by atoms with Gasteiger partial charge in [0, 0.05) is 12.6 Å². The van der Waals surface area contributed by atoms with Crippen LogP contribution in [-0.4, -0.2) is 64.6 Å². The van der Waals surface area contributed by atoms with Gasteiger partial charge < -0.3 is 15.0 Å². The molecule has 0 aliphatic carbocycles. The van der Waals surface area contributed by atoms with E-state index >= 15 is 0 Å². The van der Waals surface area contributed by atoms with Gasteiger partial charge in [-0.2, -0.15) is 18.3 Å².